The SMILES string of the molecule is [B]C([B])([B])C#CCCCCCCCCCCCCCOCc1ccccc1. The van der Waals surface area contributed by atoms with E-state index in [1.54, 1.807) is 0 Å². The van der Waals surface area contributed by atoms with E-state index < -0.39 is 5.11 Å². The van der Waals surface area contributed by atoms with E-state index >= 15 is 0 Å². The first-order valence-electron chi connectivity index (χ1n) is 10.6. The Morgan fingerprint density at radius 3 is 1.78 bits per heavy atom. The molecule has 1 rings (SSSR count). The number of rotatable bonds is 15. The summed E-state index contributed by atoms with van der Waals surface area (Å²) < 4.78 is 5.72. The molecule has 27 heavy (non-hydrogen) atoms. The van der Waals surface area contributed by atoms with Crippen LogP contribution in [0.15, 0.2) is 30.3 Å². The highest BCUT2D eigenvalue weighted by atomic mass is 16.5. The lowest BCUT2D eigenvalue weighted by Gasteiger charge is -2.07. The van der Waals surface area contributed by atoms with Crippen molar-refractivity contribution < 1.29 is 4.74 Å². The van der Waals surface area contributed by atoms with Crippen LogP contribution in [0.3, 0.4) is 0 Å². The van der Waals surface area contributed by atoms with Crippen molar-refractivity contribution in [3.8, 4) is 11.8 Å². The Balaban J connectivity index is 1.75. The minimum atomic E-state index is -1.34. The van der Waals surface area contributed by atoms with Gasteiger partial charge >= 0.3 is 0 Å². The predicted octanol–water partition coefficient (Wildman–Crippen LogP) is 5.47. The van der Waals surface area contributed by atoms with Gasteiger partial charge in [0.25, 0.3) is 0 Å². The van der Waals surface area contributed by atoms with Gasteiger partial charge in [-0.15, -0.1) is 11.8 Å². The van der Waals surface area contributed by atoms with Crippen molar-refractivity contribution in [3.05, 3.63) is 35.9 Å². The molecule has 0 aliphatic carbocycles. The maximum absolute atomic E-state index is 5.72. The zero-order valence-corrected chi connectivity index (χ0v) is 16.9. The molecular formula is C23H33B3O. The third-order valence-corrected chi connectivity index (χ3v) is 4.51. The zero-order valence-electron chi connectivity index (χ0n) is 16.9. The van der Waals surface area contributed by atoms with E-state index in [1.165, 1.54) is 69.8 Å². The number of unbranched alkanes of at least 4 members (excludes halogenated alkanes) is 11. The first-order chi connectivity index (χ1) is 13.1. The first-order valence-corrected chi connectivity index (χ1v) is 10.6. The molecule has 0 aliphatic heterocycles. The molecule has 4 heteroatoms. The van der Waals surface area contributed by atoms with E-state index in [-0.39, 0.29) is 0 Å². The van der Waals surface area contributed by atoms with Crippen LogP contribution >= 0.6 is 0 Å². The summed E-state index contributed by atoms with van der Waals surface area (Å²) >= 11 is 0. The summed E-state index contributed by atoms with van der Waals surface area (Å²) in [4.78, 5) is 0. The predicted molar refractivity (Wildman–Crippen MR) is 119 cm³/mol. The lowest BCUT2D eigenvalue weighted by atomic mass is 9.43. The average Bonchev–Trinajstić information content (AvgIpc) is 2.64. The second-order valence-corrected chi connectivity index (χ2v) is 7.41. The van der Waals surface area contributed by atoms with Crippen molar-refractivity contribution in [1.82, 2.24) is 0 Å². The molecule has 0 aliphatic rings. The normalized spacial score (nSPS) is 11.1. The molecule has 0 amide bonds. The van der Waals surface area contributed by atoms with Gasteiger partial charge in [-0.05, 0) is 18.4 Å². The van der Waals surface area contributed by atoms with E-state index in [2.05, 4.69) is 36.1 Å². The molecule has 0 N–H and O–H groups in total. The zero-order chi connectivity index (χ0) is 19.6. The van der Waals surface area contributed by atoms with Crippen LogP contribution in [0.5, 0.6) is 0 Å². The minimum Gasteiger partial charge on any atom is -0.377 e. The van der Waals surface area contributed by atoms with E-state index in [9.17, 15) is 0 Å². The van der Waals surface area contributed by atoms with Crippen molar-refractivity contribution >= 4 is 23.5 Å². The molecular weight excluding hydrogens is 325 g/mol. The Hall–Kier alpha value is -1.07. The summed E-state index contributed by atoms with van der Waals surface area (Å²) in [6.45, 7) is 1.61. The first kappa shape index (κ1) is 24.0. The quantitative estimate of drug-likeness (QED) is 0.230. The second kappa shape index (κ2) is 15.9. The van der Waals surface area contributed by atoms with Crippen LogP contribution in [0.1, 0.15) is 82.6 Å². The number of ether oxygens (including phenoxy) is 1. The summed E-state index contributed by atoms with van der Waals surface area (Å²) in [7, 11) is 16.2. The van der Waals surface area contributed by atoms with Crippen LogP contribution in [-0.2, 0) is 11.3 Å². The topological polar surface area (TPSA) is 9.23 Å². The fraction of sp³-hybridized carbons (Fsp3) is 0.652. The molecule has 1 nitrogen and oxygen atoms in total. The van der Waals surface area contributed by atoms with Crippen LogP contribution in [0.4, 0.5) is 0 Å². The molecule has 140 valence electrons. The molecule has 0 atom stereocenters. The van der Waals surface area contributed by atoms with E-state index in [4.69, 9.17) is 28.3 Å². The fourth-order valence-electron chi connectivity index (χ4n) is 2.99. The Labute approximate surface area is 171 Å². The van der Waals surface area contributed by atoms with Gasteiger partial charge in [0.2, 0.25) is 0 Å². The van der Waals surface area contributed by atoms with Gasteiger partial charge in [0.15, 0.2) is 0 Å². The van der Waals surface area contributed by atoms with E-state index in [1.807, 2.05) is 6.07 Å². The monoisotopic (exact) mass is 358 g/mol. The van der Waals surface area contributed by atoms with Gasteiger partial charge in [0, 0.05) is 13.0 Å². The molecule has 6 radical (unpaired) electrons. The van der Waals surface area contributed by atoms with Gasteiger partial charge in [0.1, 0.15) is 0 Å². The average molecular weight is 358 g/mol. The molecule has 0 spiro atoms. The highest BCUT2D eigenvalue weighted by Gasteiger charge is 2.01. The van der Waals surface area contributed by atoms with Crippen molar-refractivity contribution in [1.29, 1.82) is 0 Å². The van der Waals surface area contributed by atoms with Gasteiger partial charge in [-0.3, -0.25) is 0 Å². The molecule has 0 unspecified atom stereocenters. The summed E-state index contributed by atoms with van der Waals surface area (Å²) in [6, 6.07) is 10.4. The van der Waals surface area contributed by atoms with Crippen LogP contribution < -0.4 is 0 Å². The molecule has 1 aromatic carbocycles. The molecule has 0 bridgehead atoms. The summed E-state index contributed by atoms with van der Waals surface area (Å²) in [6.07, 6.45) is 15.0. The van der Waals surface area contributed by atoms with Crippen molar-refractivity contribution in [3.63, 3.8) is 0 Å². The maximum Gasteiger partial charge on any atom is 0.0716 e. The summed E-state index contributed by atoms with van der Waals surface area (Å²) in [5, 5.41) is -1.34. The second-order valence-electron chi connectivity index (χ2n) is 7.41. The molecule has 1 aromatic rings. The highest BCUT2D eigenvalue weighted by molar-refractivity contribution is 6.61. The van der Waals surface area contributed by atoms with Crippen LogP contribution in [0.25, 0.3) is 0 Å². The lowest BCUT2D eigenvalue weighted by molar-refractivity contribution is 0.116. The fourth-order valence-corrected chi connectivity index (χ4v) is 2.99. The molecule has 0 fully saturated rings. The Bertz CT molecular complexity index is 514. The Kier molecular flexibility index (Phi) is 14.2. The van der Waals surface area contributed by atoms with E-state index in [0.717, 1.165) is 26.1 Å². The van der Waals surface area contributed by atoms with Gasteiger partial charge in [0.05, 0.1) is 30.1 Å². The molecule has 0 aromatic heterocycles. The number of hydrogen-bond donors (Lipinski definition) is 0. The molecule has 0 saturated heterocycles. The standard InChI is InChI=1S/C23H33B3O/c24-23(25,26)19-15-10-8-6-4-2-1-3-5-7-9-11-16-20-27-21-22-17-13-12-14-18-22/h12-14,17-18H,1-11,16,20-21H2. The van der Waals surface area contributed by atoms with Crippen molar-refractivity contribution in [2.45, 2.75) is 88.8 Å². The van der Waals surface area contributed by atoms with Crippen molar-refractivity contribution in [2.24, 2.45) is 0 Å². The lowest BCUT2D eigenvalue weighted by Crippen LogP contribution is -2.08. The number of benzene rings is 1. The smallest absolute Gasteiger partial charge is 0.0716 e. The van der Waals surface area contributed by atoms with Gasteiger partial charge in [-0.1, -0.05) is 93.2 Å². The third-order valence-electron chi connectivity index (χ3n) is 4.51. The van der Waals surface area contributed by atoms with Crippen LogP contribution in [0, 0.1) is 11.8 Å². The van der Waals surface area contributed by atoms with Crippen LogP contribution in [-0.4, -0.2) is 30.1 Å². The van der Waals surface area contributed by atoms with Gasteiger partial charge in [-0.25, -0.2) is 0 Å². The Morgan fingerprint density at radius 1 is 0.704 bits per heavy atom. The van der Waals surface area contributed by atoms with Gasteiger partial charge in [-0.2, -0.15) is 0 Å². The maximum atomic E-state index is 5.72. The highest BCUT2D eigenvalue weighted by Crippen LogP contribution is 2.12. The largest absolute Gasteiger partial charge is 0.377 e. The summed E-state index contributed by atoms with van der Waals surface area (Å²) in [5.41, 5.74) is 1.26. The molecule has 0 saturated carbocycles. The third kappa shape index (κ3) is 16.8. The van der Waals surface area contributed by atoms with Crippen LogP contribution in [0.2, 0.25) is 5.11 Å². The minimum absolute atomic E-state index is 0.737. The summed E-state index contributed by atoms with van der Waals surface area (Å²) in [5.74, 6) is 5.59. The number of hydrogen-bond acceptors (Lipinski definition) is 1. The van der Waals surface area contributed by atoms with Crippen molar-refractivity contribution in [2.75, 3.05) is 6.61 Å². The van der Waals surface area contributed by atoms with Gasteiger partial charge < -0.3 is 4.74 Å². The molecule has 0 heterocycles. The Morgan fingerprint density at radius 2 is 1.22 bits per heavy atom. The van der Waals surface area contributed by atoms with E-state index in [0.29, 0.717) is 0 Å².